The van der Waals surface area contributed by atoms with Crippen LogP contribution in [0.25, 0.3) is 0 Å². The van der Waals surface area contributed by atoms with Crippen LogP contribution in [0.3, 0.4) is 0 Å². The van der Waals surface area contributed by atoms with Crippen molar-refractivity contribution >= 4 is 29.5 Å². The van der Waals surface area contributed by atoms with E-state index in [0.29, 0.717) is 18.7 Å². The first-order chi connectivity index (χ1) is 8.04. The minimum atomic E-state index is -1.04. The maximum Gasteiger partial charge on any atom is 0.326 e. The largest absolute Gasteiger partial charge is 0.480 e. The molecule has 17 heavy (non-hydrogen) atoms. The monoisotopic (exact) mass is 260 g/mol. The fourth-order valence-corrected chi connectivity index (χ4v) is 2.04. The Morgan fingerprint density at radius 2 is 2.35 bits per heavy atom. The van der Waals surface area contributed by atoms with Crippen molar-refractivity contribution in [3.63, 3.8) is 0 Å². The Hall–Kier alpha value is -1.24. The van der Waals surface area contributed by atoms with Crippen LogP contribution in [0, 0.1) is 5.92 Å². The molecule has 2 unspecified atom stereocenters. The highest BCUT2D eigenvalue weighted by Crippen LogP contribution is 2.10. The molecule has 1 aliphatic heterocycles. The number of carbonyl (C=O) groups excluding carboxylic acids is 2. The number of amides is 2. The summed E-state index contributed by atoms with van der Waals surface area (Å²) in [7, 11) is 0. The van der Waals surface area contributed by atoms with Crippen LogP contribution in [-0.4, -0.2) is 47.5 Å². The van der Waals surface area contributed by atoms with Gasteiger partial charge in [0.2, 0.25) is 11.8 Å². The molecule has 6 nitrogen and oxygen atoms in total. The Bertz CT molecular complexity index is 321. The summed E-state index contributed by atoms with van der Waals surface area (Å²) >= 11 is 1.53. The zero-order chi connectivity index (χ0) is 12.8. The van der Waals surface area contributed by atoms with Crippen molar-refractivity contribution in [1.29, 1.82) is 0 Å². The topological polar surface area (TPSA) is 95.5 Å². The van der Waals surface area contributed by atoms with Crippen molar-refractivity contribution in [1.82, 2.24) is 10.6 Å². The van der Waals surface area contributed by atoms with Crippen molar-refractivity contribution in [3.8, 4) is 0 Å². The molecule has 0 aromatic heterocycles. The van der Waals surface area contributed by atoms with Gasteiger partial charge in [0, 0.05) is 13.0 Å². The molecule has 1 aliphatic rings. The summed E-state index contributed by atoms with van der Waals surface area (Å²) in [5.74, 6) is -1.35. The Balaban J connectivity index is 2.46. The van der Waals surface area contributed by atoms with Gasteiger partial charge in [0.05, 0.1) is 5.92 Å². The van der Waals surface area contributed by atoms with Gasteiger partial charge in [-0.15, -0.1) is 0 Å². The van der Waals surface area contributed by atoms with Gasteiger partial charge in [-0.3, -0.25) is 9.59 Å². The molecule has 1 heterocycles. The summed E-state index contributed by atoms with van der Waals surface area (Å²) in [4.78, 5) is 33.5. The quantitative estimate of drug-likeness (QED) is 0.595. The van der Waals surface area contributed by atoms with Crippen LogP contribution in [0.5, 0.6) is 0 Å². The Morgan fingerprint density at radius 1 is 1.65 bits per heavy atom. The maximum absolute atomic E-state index is 11.7. The standard InChI is InChI=1S/C10H16N2O4S/c1-17-3-2-7(10(15)16)12-9(14)6-4-8(13)11-5-6/h6-7H,2-5H2,1H3,(H,11,13)(H,12,14)(H,15,16). The highest BCUT2D eigenvalue weighted by atomic mass is 32.2. The van der Waals surface area contributed by atoms with Crippen LogP contribution < -0.4 is 10.6 Å². The van der Waals surface area contributed by atoms with Crippen LogP contribution in [0.1, 0.15) is 12.8 Å². The summed E-state index contributed by atoms with van der Waals surface area (Å²) in [6, 6.07) is -0.870. The average molecular weight is 260 g/mol. The number of aliphatic carboxylic acids is 1. The molecule has 1 rings (SSSR count). The molecule has 0 bridgehead atoms. The number of hydrogen-bond donors (Lipinski definition) is 3. The number of hydrogen-bond acceptors (Lipinski definition) is 4. The highest BCUT2D eigenvalue weighted by Gasteiger charge is 2.30. The molecule has 0 saturated carbocycles. The van der Waals surface area contributed by atoms with E-state index in [9.17, 15) is 14.4 Å². The smallest absolute Gasteiger partial charge is 0.326 e. The number of nitrogens with one attached hydrogen (secondary N) is 2. The molecule has 0 radical (unpaired) electrons. The van der Waals surface area contributed by atoms with Crippen LogP contribution in [0.4, 0.5) is 0 Å². The fourth-order valence-electron chi connectivity index (χ4n) is 1.57. The van der Waals surface area contributed by atoms with Crippen molar-refractivity contribution in [2.75, 3.05) is 18.6 Å². The van der Waals surface area contributed by atoms with Crippen molar-refractivity contribution in [2.24, 2.45) is 5.92 Å². The second-order valence-electron chi connectivity index (χ2n) is 3.89. The first-order valence-corrected chi connectivity index (χ1v) is 6.72. The van der Waals surface area contributed by atoms with Gasteiger partial charge >= 0.3 is 5.97 Å². The third kappa shape index (κ3) is 4.26. The number of thioether (sulfide) groups is 1. The van der Waals surface area contributed by atoms with Gasteiger partial charge in [0.25, 0.3) is 0 Å². The SMILES string of the molecule is CSCCC(NC(=O)C1CNC(=O)C1)C(=O)O. The molecule has 7 heteroatoms. The molecular weight excluding hydrogens is 244 g/mol. The van der Waals surface area contributed by atoms with Crippen LogP contribution >= 0.6 is 11.8 Å². The minimum Gasteiger partial charge on any atom is -0.480 e. The molecule has 96 valence electrons. The number of carboxylic acid groups (broad SMARTS) is 1. The number of carbonyl (C=O) groups is 3. The lowest BCUT2D eigenvalue weighted by molar-refractivity contribution is -0.142. The summed E-state index contributed by atoms with van der Waals surface area (Å²) in [6.07, 6.45) is 2.40. The van der Waals surface area contributed by atoms with Crippen molar-refractivity contribution in [2.45, 2.75) is 18.9 Å². The van der Waals surface area contributed by atoms with E-state index >= 15 is 0 Å². The molecule has 2 atom stereocenters. The molecular formula is C10H16N2O4S. The first-order valence-electron chi connectivity index (χ1n) is 5.33. The third-order valence-electron chi connectivity index (χ3n) is 2.57. The summed E-state index contributed by atoms with van der Waals surface area (Å²) < 4.78 is 0. The zero-order valence-corrected chi connectivity index (χ0v) is 10.4. The molecule has 0 aliphatic carbocycles. The predicted molar refractivity (Wildman–Crippen MR) is 63.7 cm³/mol. The van der Waals surface area contributed by atoms with Gasteiger partial charge < -0.3 is 15.7 Å². The van der Waals surface area contributed by atoms with Crippen LogP contribution in [0.2, 0.25) is 0 Å². The normalized spacial score (nSPS) is 20.8. The minimum absolute atomic E-state index is 0.140. The van der Waals surface area contributed by atoms with Gasteiger partial charge in [-0.1, -0.05) is 0 Å². The predicted octanol–water partition coefficient (Wildman–Crippen LogP) is -0.555. The van der Waals surface area contributed by atoms with Gasteiger partial charge in [-0.05, 0) is 18.4 Å². The van der Waals surface area contributed by atoms with E-state index < -0.39 is 17.9 Å². The summed E-state index contributed by atoms with van der Waals surface area (Å²) in [6.45, 7) is 0.291. The second-order valence-corrected chi connectivity index (χ2v) is 4.87. The van der Waals surface area contributed by atoms with E-state index in [0.717, 1.165) is 0 Å². The fraction of sp³-hybridized carbons (Fsp3) is 0.700. The van der Waals surface area contributed by atoms with E-state index in [-0.39, 0.29) is 18.2 Å². The van der Waals surface area contributed by atoms with Crippen LogP contribution in [-0.2, 0) is 14.4 Å². The lowest BCUT2D eigenvalue weighted by atomic mass is 10.1. The maximum atomic E-state index is 11.7. The Kier molecular flexibility index (Phi) is 5.27. The Morgan fingerprint density at radius 3 is 2.82 bits per heavy atom. The summed E-state index contributed by atoms with van der Waals surface area (Å²) in [5, 5.41) is 14.0. The highest BCUT2D eigenvalue weighted by molar-refractivity contribution is 7.98. The summed E-state index contributed by atoms with van der Waals surface area (Å²) in [5.41, 5.74) is 0. The lowest BCUT2D eigenvalue weighted by Gasteiger charge is -2.16. The second kappa shape index (κ2) is 6.48. The molecule has 3 N–H and O–H groups in total. The van der Waals surface area contributed by atoms with Gasteiger partial charge in [-0.2, -0.15) is 11.8 Å². The van der Waals surface area contributed by atoms with E-state index in [1.807, 2.05) is 6.26 Å². The number of carboxylic acids is 1. The van der Waals surface area contributed by atoms with E-state index in [1.165, 1.54) is 11.8 Å². The van der Waals surface area contributed by atoms with Gasteiger partial charge in [0.15, 0.2) is 0 Å². The molecule has 1 saturated heterocycles. The Labute approximate surface area is 104 Å². The van der Waals surface area contributed by atoms with Crippen molar-refractivity contribution in [3.05, 3.63) is 0 Å². The van der Waals surface area contributed by atoms with Crippen molar-refractivity contribution < 1.29 is 19.5 Å². The average Bonchev–Trinajstić information content (AvgIpc) is 2.70. The van der Waals surface area contributed by atoms with Crippen LogP contribution in [0.15, 0.2) is 0 Å². The molecule has 0 spiro atoms. The zero-order valence-electron chi connectivity index (χ0n) is 9.56. The van der Waals surface area contributed by atoms with E-state index in [4.69, 9.17) is 5.11 Å². The van der Waals surface area contributed by atoms with E-state index in [2.05, 4.69) is 10.6 Å². The van der Waals surface area contributed by atoms with E-state index in [1.54, 1.807) is 0 Å². The molecule has 2 amide bonds. The third-order valence-corrected chi connectivity index (χ3v) is 3.22. The lowest BCUT2D eigenvalue weighted by Crippen LogP contribution is -2.44. The van der Waals surface area contributed by atoms with Gasteiger partial charge in [0.1, 0.15) is 6.04 Å². The van der Waals surface area contributed by atoms with Gasteiger partial charge in [-0.25, -0.2) is 4.79 Å². The number of rotatable bonds is 6. The molecule has 1 fully saturated rings. The first kappa shape index (κ1) is 13.8. The molecule has 0 aromatic carbocycles. The molecule has 0 aromatic rings.